The first-order chi connectivity index (χ1) is 22.0. The van der Waals surface area contributed by atoms with E-state index in [1.165, 1.54) is 18.1 Å². The number of H-pyrrole nitrogens is 1. The highest BCUT2D eigenvalue weighted by Crippen LogP contribution is 2.39. The zero-order valence-electron chi connectivity index (χ0n) is 24.9. The Morgan fingerprint density at radius 2 is 1.71 bits per heavy atom. The maximum absolute atomic E-state index is 12.7. The molecule has 11 nitrogen and oxygen atoms in total. The van der Waals surface area contributed by atoms with Gasteiger partial charge < -0.3 is 30.9 Å². The molecule has 3 atom stereocenters. The lowest BCUT2D eigenvalue weighted by molar-refractivity contribution is -0.245. The molecule has 1 fully saturated rings. The number of amides is 2. The molecular weight excluding hydrogens is 592 g/mol. The van der Waals surface area contributed by atoms with Crippen molar-refractivity contribution in [2.24, 2.45) is 0 Å². The number of nitrogens with one attached hydrogen (secondary N) is 3. The molecule has 4 aromatic rings. The number of benzene rings is 3. The van der Waals surface area contributed by atoms with E-state index in [4.69, 9.17) is 15.2 Å². The van der Waals surface area contributed by atoms with Crippen LogP contribution in [-0.4, -0.2) is 44.0 Å². The van der Waals surface area contributed by atoms with Gasteiger partial charge in [-0.3, -0.25) is 14.7 Å². The van der Waals surface area contributed by atoms with Crippen LogP contribution in [0.4, 0.5) is 17.1 Å². The Labute approximate surface area is 266 Å². The Kier molecular flexibility index (Phi) is 11.6. The molecule has 0 unspecified atom stereocenters. The summed E-state index contributed by atoms with van der Waals surface area (Å²) >= 11 is 1.53. The summed E-state index contributed by atoms with van der Waals surface area (Å²) in [6, 6.07) is 22.4. The first kappa shape index (κ1) is 32.2. The van der Waals surface area contributed by atoms with Crippen LogP contribution in [-0.2, 0) is 25.7 Å². The van der Waals surface area contributed by atoms with Gasteiger partial charge in [0.2, 0.25) is 11.8 Å². The van der Waals surface area contributed by atoms with Gasteiger partial charge in [-0.1, -0.05) is 66.7 Å². The van der Waals surface area contributed by atoms with Crippen LogP contribution >= 0.6 is 11.8 Å². The highest BCUT2D eigenvalue weighted by Gasteiger charge is 2.32. The van der Waals surface area contributed by atoms with E-state index in [2.05, 4.69) is 25.8 Å². The molecule has 1 aliphatic heterocycles. The van der Waals surface area contributed by atoms with Crippen molar-refractivity contribution < 1.29 is 24.2 Å². The normalized spacial score (nSPS) is 17.9. The molecule has 0 spiro atoms. The van der Waals surface area contributed by atoms with E-state index in [9.17, 15) is 14.7 Å². The van der Waals surface area contributed by atoms with Gasteiger partial charge in [0, 0.05) is 36.3 Å². The number of carbonyl (C=O) groups is 2. The molecule has 6 N–H and O–H groups in total. The van der Waals surface area contributed by atoms with Crippen LogP contribution in [0.2, 0.25) is 0 Å². The fourth-order valence-electron chi connectivity index (χ4n) is 5.02. The number of para-hydroxylation sites is 2. The second kappa shape index (κ2) is 16.2. The van der Waals surface area contributed by atoms with E-state index in [1.807, 2.05) is 60.7 Å². The summed E-state index contributed by atoms with van der Waals surface area (Å²) < 4.78 is 12.8. The first-order valence-corrected chi connectivity index (χ1v) is 16.0. The van der Waals surface area contributed by atoms with Gasteiger partial charge in [-0.15, -0.1) is 0 Å². The van der Waals surface area contributed by atoms with Crippen molar-refractivity contribution >= 4 is 40.6 Å². The minimum absolute atomic E-state index is 0.0195. The highest BCUT2D eigenvalue weighted by atomic mass is 32.2. The molecule has 2 heterocycles. The number of hydrogen-bond donors (Lipinski definition) is 5. The van der Waals surface area contributed by atoms with Crippen LogP contribution in [0.25, 0.3) is 0 Å². The Morgan fingerprint density at radius 3 is 2.44 bits per heavy atom. The number of aliphatic hydroxyl groups excluding tert-OH is 1. The number of ether oxygens (including phenoxy) is 2. The van der Waals surface area contributed by atoms with Crippen LogP contribution in [0.5, 0.6) is 0 Å². The molecule has 5 rings (SSSR count). The molecule has 45 heavy (non-hydrogen) atoms. The molecule has 0 aliphatic carbocycles. The fraction of sp³-hybridized carbons (Fsp3) is 0.333. The van der Waals surface area contributed by atoms with Gasteiger partial charge in [-0.25, -0.2) is 4.98 Å². The van der Waals surface area contributed by atoms with Gasteiger partial charge >= 0.3 is 0 Å². The zero-order chi connectivity index (χ0) is 31.4. The summed E-state index contributed by atoms with van der Waals surface area (Å²) in [6.45, 7) is -0.0195. The average molecular weight is 631 g/mol. The minimum atomic E-state index is -0.643. The molecule has 1 saturated heterocycles. The van der Waals surface area contributed by atoms with E-state index < -0.39 is 6.29 Å². The predicted octanol–water partition coefficient (Wildman–Crippen LogP) is 5.74. The van der Waals surface area contributed by atoms with Gasteiger partial charge in [-0.2, -0.15) is 5.10 Å². The number of nitrogens with two attached hydrogens (primary N) is 1. The maximum atomic E-state index is 12.7. The number of hydrogen-bond acceptors (Lipinski definition) is 9. The SMILES string of the molecule is Nc1ccccc1NC(=O)CCCCCC(=O)Nc1cccc([C@H]2O[C@@H](CSc3ncn[nH]3)C[C@@H](c3ccc(CO)cc3)O2)c1. The maximum Gasteiger partial charge on any atom is 0.224 e. The van der Waals surface area contributed by atoms with Gasteiger partial charge in [0.15, 0.2) is 11.4 Å². The molecule has 0 bridgehead atoms. The van der Waals surface area contributed by atoms with Crippen LogP contribution in [0.15, 0.2) is 84.3 Å². The van der Waals surface area contributed by atoms with E-state index in [-0.39, 0.29) is 30.6 Å². The van der Waals surface area contributed by atoms with E-state index in [0.717, 1.165) is 28.3 Å². The number of nitrogens with zero attached hydrogens (tertiary/aromatic N) is 2. The number of anilines is 3. The Morgan fingerprint density at radius 1 is 0.933 bits per heavy atom. The molecule has 2 amide bonds. The molecule has 3 aromatic carbocycles. The second-order valence-corrected chi connectivity index (χ2v) is 11.8. The number of thioether (sulfide) groups is 1. The van der Waals surface area contributed by atoms with E-state index in [1.54, 1.807) is 12.1 Å². The van der Waals surface area contributed by atoms with Crippen molar-refractivity contribution in [3.63, 3.8) is 0 Å². The molecule has 0 saturated carbocycles. The predicted molar refractivity (Wildman–Crippen MR) is 173 cm³/mol. The zero-order valence-corrected chi connectivity index (χ0v) is 25.7. The Hall–Kier alpha value is -4.23. The minimum Gasteiger partial charge on any atom is -0.397 e. The molecule has 1 aliphatic rings. The number of unbranched alkanes of at least 4 members (excludes halogenated alkanes) is 2. The summed E-state index contributed by atoms with van der Waals surface area (Å²) in [5, 5.41) is 22.8. The van der Waals surface area contributed by atoms with Crippen LogP contribution < -0.4 is 16.4 Å². The van der Waals surface area contributed by atoms with Crippen molar-refractivity contribution in [3.05, 3.63) is 95.8 Å². The Bertz CT molecular complexity index is 1530. The number of aromatic amines is 1. The smallest absolute Gasteiger partial charge is 0.224 e. The number of aromatic nitrogens is 3. The van der Waals surface area contributed by atoms with Crippen molar-refractivity contribution in [1.82, 2.24) is 15.2 Å². The lowest BCUT2D eigenvalue weighted by Crippen LogP contribution is -2.31. The lowest BCUT2D eigenvalue weighted by Gasteiger charge is -2.36. The molecule has 0 radical (unpaired) electrons. The summed E-state index contributed by atoms with van der Waals surface area (Å²) in [4.78, 5) is 29.1. The summed E-state index contributed by atoms with van der Waals surface area (Å²) in [5.74, 6) is 0.463. The van der Waals surface area contributed by atoms with Gasteiger partial charge in [-0.05, 0) is 48.2 Å². The number of carbonyl (C=O) groups excluding carboxylic acids is 2. The third-order valence-corrected chi connectivity index (χ3v) is 8.41. The van der Waals surface area contributed by atoms with Gasteiger partial charge in [0.05, 0.1) is 30.2 Å². The molecular formula is C33H38N6O5S. The summed E-state index contributed by atoms with van der Waals surface area (Å²) in [6.07, 6.45) is 3.94. The van der Waals surface area contributed by atoms with Crippen molar-refractivity contribution in [1.29, 1.82) is 0 Å². The fourth-order valence-corrected chi connectivity index (χ4v) is 5.81. The molecule has 1 aromatic heterocycles. The first-order valence-electron chi connectivity index (χ1n) is 15.0. The number of nitrogen functional groups attached to an aromatic ring is 1. The van der Waals surface area contributed by atoms with Crippen molar-refractivity contribution in [2.75, 3.05) is 22.1 Å². The lowest BCUT2D eigenvalue weighted by atomic mass is 10.0. The second-order valence-electron chi connectivity index (χ2n) is 10.8. The largest absolute Gasteiger partial charge is 0.397 e. The summed E-state index contributed by atoms with van der Waals surface area (Å²) in [5.41, 5.74) is 10.3. The molecule has 236 valence electrons. The average Bonchev–Trinajstić information content (AvgIpc) is 3.59. The summed E-state index contributed by atoms with van der Waals surface area (Å²) in [7, 11) is 0. The van der Waals surface area contributed by atoms with Gasteiger partial charge in [0.1, 0.15) is 6.33 Å². The van der Waals surface area contributed by atoms with Crippen molar-refractivity contribution in [3.8, 4) is 0 Å². The monoisotopic (exact) mass is 630 g/mol. The molecule has 12 heteroatoms. The third kappa shape index (κ3) is 9.63. The third-order valence-electron chi connectivity index (χ3n) is 7.40. The quantitative estimate of drug-likeness (QED) is 0.0663. The van der Waals surface area contributed by atoms with Crippen LogP contribution in [0.1, 0.15) is 67.6 Å². The number of rotatable bonds is 14. The Balaban J connectivity index is 1.13. The van der Waals surface area contributed by atoms with Crippen LogP contribution in [0.3, 0.4) is 0 Å². The van der Waals surface area contributed by atoms with E-state index in [0.29, 0.717) is 54.9 Å². The van der Waals surface area contributed by atoms with Crippen molar-refractivity contribution in [2.45, 2.75) is 68.8 Å². The van der Waals surface area contributed by atoms with Crippen LogP contribution in [0, 0.1) is 0 Å². The number of aliphatic hydroxyl groups is 1. The van der Waals surface area contributed by atoms with Gasteiger partial charge in [0.25, 0.3) is 0 Å². The standard InChI is InChI=1S/C33H38N6O5S/c34-27-9-4-5-10-28(27)38-31(42)12-3-1-2-11-30(41)37-25-8-6-7-24(17-25)32-43-26(20-45-33-35-21-36-39-33)18-29(44-32)23-15-13-22(19-40)14-16-23/h4-10,13-17,21,26,29,32,40H,1-3,11-12,18-20,34H2,(H,37,41)(H,38,42)(H,35,36,39)/t26-,29+,32+/m1/s1. The highest BCUT2D eigenvalue weighted by molar-refractivity contribution is 7.99. The van der Waals surface area contributed by atoms with E-state index >= 15 is 0 Å². The topological polar surface area (TPSA) is 164 Å².